The van der Waals surface area contributed by atoms with Gasteiger partial charge in [-0.2, -0.15) is 0 Å². The van der Waals surface area contributed by atoms with E-state index < -0.39 is 0 Å². The predicted molar refractivity (Wildman–Crippen MR) is 73.7 cm³/mol. The third-order valence-electron chi connectivity index (χ3n) is 2.23. The first-order valence-electron chi connectivity index (χ1n) is 5.03. The average Bonchev–Trinajstić information content (AvgIpc) is 2.34. The molecule has 0 spiro atoms. The summed E-state index contributed by atoms with van der Waals surface area (Å²) < 4.78 is 11.8. The van der Waals surface area contributed by atoms with Gasteiger partial charge in [-0.15, -0.1) is 0 Å². The van der Waals surface area contributed by atoms with Crippen molar-refractivity contribution < 1.29 is 19.4 Å². The monoisotopic (exact) mass is 334 g/mol. The summed E-state index contributed by atoms with van der Waals surface area (Å²) in [6, 6.07) is 3.51. The van der Waals surface area contributed by atoms with Gasteiger partial charge in [0.2, 0.25) is 6.54 Å². The molecule has 0 aliphatic heterocycles. The number of hydrogen-bond donors (Lipinski definition) is 1. The van der Waals surface area contributed by atoms with Crippen LogP contribution in [0.25, 0.3) is 0 Å². The van der Waals surface area contributed by atoms with Crippen LogP contribution in [0.4, 0.5) is 0 Å². The number of hydroxylamine groups is 1. The van der Waals surface area contributed by atoms with E-state index in [1.807, 2.05) is 0 Å². The predicted octanol–water partition coefficient (Wildman–Crippen LogP) is 3.24. The Balaban J connectivity index is 3.07. The molecular weight excluding hydrogens is 321 g/mol. The molecule has 6 heteroatoms. The van der Waals surface area contributed by atoms with Crippen LogP contribution in [0.2, 0.25) is 5.02 Å². The Morgan fingerprint density at radius 3 is 2.78 bits per heavy atom. The molecule has 0 amide bonds. The molecule has 98 valence electrons. The van der Waals surface area contributed by atoms with Gasteiger partial charge in [-0.25, -0.2) is 0 Å². The van der Waals surface area contributed by atoms with Gasteiger partial charge in [0.15, 0.2) is 5.76 Å². The SMILES string of the molecule is C=C(/C=[N+](\O)Cc1c(Cl)ccc(Br)c1OC)OC. The number of nitrogens with zero attached hydrogens (tertiary/aromatic N) is 1. The van der Waals surface area contributed by atoms with Crippen LogP contribution < -0.4 is 4.74 Å². The quantitative estimate of drug-likeness (QED) is 0.295. The summed E-state index contributed by atoms with van der Waals surface area (Å²) in [7, 11) is 3.01. The smallest absolute Gasteiger partial charge is 0.256 e. The molecule has 0 atom stereocenters. The second-order valence-corrected chi connectivity index (χ2v) is 4.70. The van der Waals surface area contributed by atoms with Crippen LogP contribution in [0.15, 0.2) is 28.9 Å². The first-order valence-corrected chi connectivity index (χ1v) is 6.20. The highest BCUT2D eigenvalue weighted by molar-refractivity contribution is 9.10. The van der Waals surface area contributed by atoms with E-state index >= 15 is 0 Å². The Morgan fingerprint density at radius 1 is 1.56 bits per heavy atom. The number of rotatable bonds is 5. The number of ether oxygens (including phenoxy) is 2. The van der Waals surface area contributed by atoms with Crippen molar-refractivity contribution in [3.05, 3.63) is 39.5 Å². The van der Waals surface area contributed by atoms with Crippen molar-refractivity contribution in [2.24, 2.45) is 0 Å². The van der Waals surface area contributed by atoms with Crippen molar-refractivity contribution in [3.63, 3.8) is 0 Å². The fourth-order valence-corrected chi connectivity index (χ4v) is 2.11. The van der Waals surface area contributed by atoms with E-state index in [9.17, 15) is 5.21 Å². The molecule has 0 aliphatic rings. The first-order chi connectivity index (χ1) is 8.49. The van der Waals surface area contributed by atoms with Crippen LogP contribution in [0.5, 0.6) is 5.75 Å². The van der Waals surface area contributed by atoms with Crippen molar-refractivity contribution >= 4 is 33.7 Å². The molecule has 0 saturated heterocycles. The second kappa shape index (κ2) is 6.66. The van der Waals surface area contributed by atoms with Gasteiger partial charge in [-0.3, -0.25) is 5.21 Å². The molecule has 0 aromatic heterocycles. The zero-order valence-corrected chi connectivity index (χ0v) is 12.5. The lowest BCUT2D eigenvalue weighted by atomic mass is 10.2. The van der Waals surface area contributed by atoms with Gasteiger partial charge in [0.25, 0.3) is 6.21 Å². The molecule has 0 heterocycles. The van der Waals surface area contributed by atoms with E-state index in [-0.39, 0.29) is 6.54 Å². The minimum absolute atomic E-state index is 0.157. The highest BCUT2D eigenvalue weighted by Gasteiger charge is 2.17. The van der Waals surface area contributed by atoms with E-state index in [0.717, 1.165) is 9.21 Å². The van der Waals surface area contributed by atoms with E-state index in [4.69, 9.17) is 21.1 Å². The molecule has 4 nitrogen and oxygen atoms in total. The molecule has 1 rings (SSSR count). The van der Waals surface area contributed by atoms with Gasteiger partial charge in [0.1, 0.15) is 5.75 Å². The largest absolute Gasteiger partial charge is 0.495 e. The van der Waals surface area contributed by atoms with Gasteiger partial charge in [0, 0.05) is 0 Å². The van der Waals surface area contributed by atoms with Crippen LogP contribution in [-0.2, 0) is 11.3 Å². The summed E-state index contributed by atoms with van der Waals surface area (Å²) in [6.07, 6.45) is 1.36. The van der Waals surface area contributed by atoms with Crippen molar-refractivity contribution in [2.45, 2.75) is 6.54 Å². The standard InChI is InChI=1S/C12H14BrClNO3/c1-8(17-2)6-15(16)7-9-11(14)5-4-10(13)12(9)18-3/h4-6,16H,1,7H2,2-3H3/q+1/b15-6-. The molecule has 1 aromatic carbocycles. The first kappa shape index (κ1) is 14.9. The fourth-order valence-electron chi connectivity index (χ4n) is 1.37. The van der Waals surface area contributed by atoms with Crippen LogP contribution in [-0.4, -0.2) is 30.4 Å². The molecule has 1 aromatic rings. The summed E-state index contributed by atoms with van der Waals surface area (Å²) in [6.45, 7) is 3.74. The maximum atomic E-state index is 9.75. The van der Waals surface area contributed by atoms with Crippen LogP contribution >= 0.6 is 27.5 Å². The minimum Gasteiger partial charge on any atom is -0.495 e. The minimum atomic E-state index is 0.157. The molecule has 0 bridgehead atoms. The van der Waals surface area contributed by atoms with E-state index in [0.29, 0.717) is 22.1 Å². The molecule has 1 N–H and O–H groups in total. The molecule has 0 saturated carbocycles. The second-order valence-electron chi connectivity index (χ2n) is 3.44. The van der Waals surface area contributed by atoms with E-state index in [1.165, 1.54) is 13.3 Å². The zero-order valence-electron chi connectivity index (χ0n) is 10.1. The van der Waals surface area contributed by atoms with Crippen LogP contribution in [0.1, 0.15) is 5.56 Å². The summed E-state index contributed by atoms with van der Waals surface area (Å²) in [5.74, 6) is 0.917. The Kier molecular flexibility index (Phi) is 5.50. The zero-order chi connectivity index (χ0) is 13.7. The Bertz CT molecular complexity index is 488. The number of methoxy groups -OCH3 is 2. The summed E-state index contributed by atoms with van der Waals surface area (Å²) in [5.41, 5.74) is 0.663. The molecule has 18 heavy (non-hydrogen) atoms. The van der Waals surface area contributed by atoms with Crippen molar-refractivity contribution in [2.75, 3.05) is 14.2 Å². The lowest BCUT2D eigenvalue weighted by Crippen LogP contribution is -2.11. The maximum absolute atomic E-state index is 9.75. The van der Waals surface area contributed by atoms with Gasteiger partial charge in [-0.1, -0.05) is 18.2 Å². The van der Waals surface area contributed by atoms with Crippen molar-refractivity contribution in [3.8, 4) is 5.75 Å². The van der Waals surface area contributed by atoms with Crippen molar-refractivity contribution in [1.29, 1.82) is 0 Å². The highest BCUT2D eigenvalue weighted by atomic mass is 79.9. The molecule has 0 radical (unpaired) electrons. The summed E-state index contributed by atoms with van der Waals surface area (Å²) in [5, 5.41) is 10.3. The van der Waals surface area contributed by atoms with Crippen molar-refractivity contribution in [1.82, 2.24) is 0 Å². The molecule has 0 fully saturated rings. The van der Waals surface area contributed by atoms with Gasteiger partial charge in [-0.05, 0) is 32.8 Å². The van der Waals surface area contributed by atoms with E-state index in [2.05, 4.69) is 22.5 Å². The topological polar surface area (TPSA) is 41.7 Å². The number of hydrogen-bond acceptors (Lipinski definition) is 3. The number of allylic oxidation sites excluding steroid dienone is 1. The highest BCUT2D eigenvalue weighted by Crippen LogP contribution is 2.34. The Labute approximate surface area is 119 Å². The van der Waals surface area contributed by atoms with E-state index in [1.54, 1.807) is 19.2 Å². The lowest BCUT2D eigenvalue weighted by Gasteiger charge is -2.09. The third-order valence-corrected chi connectivity index (χ3v) is 3.21. The van der Waals surface area contributed by atoms with Gasteiger partial charge >= 0.3 is 0 Å². The lowest BCUT2D eigenvalue weighted by molar-refractivity contribution is -0.783. The third kappa shape index (κ3) is 3.65. The molecule has 0 aliphatic carbocycles. The molecule has 0 unspecified atom stereocenters. The summed E-state index contributed by atoms with van der Waals surface area (Å²) >= 11 is 9.45. The maximum Gasteiger partial charge on any atom is 0.256 e. The van der Waals surface area contributed by atoms with Gasteiger partial charge in [0.05, 0.1) is 29.3 Å². The summed E-state index contributed by atoms with van der Waals surface area (Å²) in [4.78, 5) is 0. The fraction of sp³-hybridized carbons (Fsp3) is 0.250. The number of benzene rings is 1. The Hall–Kier alpha value is -1.20. The Morgan fingerprint density at radius 2 is 2.22 bits per heavy atom. The van der Waals surface area contributed by atoms with Gasteiger partial charge < -0.3 is 9.47 Å². The molecular formula is C12H14BrClNO3+. The van der Waals surface area contributed by atoms with Crippen LogP contribution in [0, 0.1) is 0 Å². The number of halogens is 2. The average molecular weight is 336 g/mol. The normalized spacial score (nSPS) is 11.2. The van der Waals surface area contributed by atoms with Crippen LogP contribution in [0.3, 0.4) is 0 Å².